The van der Waals surface area contributed by atoms with Crippen LogP contribution in [-0.4, -0.2) is 36.6 Å². The van der Waals surface area contributed by atoms with Gasteiger partial charge in [0.2, 0.25) is 0 Å². The molecule has 0 aliphatic heterocycles. The predicted octanol–water partition coefficient (Wildman–Crippen LogP) is 1.13. The van der Waals surface area contributed by atoms with Gasteiger partial charge < -0.3 is 19.7 Å². The van der Waals surface area contributed by atoms with Crippen LogP contribution in [0.3, 0.4) is 0 Å². The first-order valence-corrected chi connectivity index (χ1v) is 5.22. The molecular formula is C12H18O4. The monoisotopic (exact) mass is 226 g/mol. The number of rotatable bonds is 6. The summed E-state index contributed by atoms with van der Waals surface area (Å²) in [6.07, 6.45) is -1.25. The van der Waals surface area contributed by atoms with E-state index in [0.29, 0.717) is 11.3 Å². The molecule has 0 heterocycles. The van der Waals surface area contributed by atoms with E-state index in [1.54, 1.807) is 19.1 Å². The Hall–Kier alpha value is -1.10. The van der Waals surface area contributed by atoms with Crippen LogP contribution in [0.1, 0.15) is 18.6 Å². The van der Waals surface area contributed by atoms with E-state index in [4.69, 9.17) is 9.47 Å². The molecule has 1 rings (SSSR count). The van der Waals surface area contributed by atoms with Crippen LogP contribution in [-0.2, 0) is 4.74 Å². The third-order valence-electron chi connectivity index (χ3n) is 2.16. The minimum Gasteiger partial charge on any atom is -0.490 e. The molecule has 2 N–H and O–H groups in total. The van der Waals surface area contributed by atoms with Crippen LogP contribution in [0.25, 0.3) is 0 Å². The van der Waals surface area contributed by atoms with Crippen molar-refractivity contribution in [3.63, 3.8) is 0 Å². The minimum absolute atomic E-state index is 0.150. The minimum atomic E-state index is -0.660. The maximum absolute atomic E-state index is 9.51. The Kier molecular flexibility index (Phi) is 5.25. The Morgan fingerprint density at radius 3 is 2.50 bits per heavy atom. The van der Waals surface area contributed by atoms with Crippen molar-refractivity contribution in [2.45, 2.75) is 19.1 Å². The third kappa shape index (κ3) is 3.81. The first-order chi connectivity index (χ1) is 7.65. The molecule has 90 valence electrons. The second-order valence-electron chi connectivity index (χ2n) is 3.63. The van der Waals surface area contributed by atoms with Gasteiger partial charge in [0.25, 0.3) is 0 Å². The molecule has 0 spiro atoms. The highest BCUT2D eigenvalue weighted by Gasteiger charge is 2.10. The van der Waals surface area contributed by atoms with E-state index in [-0.39, 0.29) is 13.2 Å². The molecule has 0 amide bonds. The van der Waals surface area contributed by atoms with Crippen LogP contribution >= 0.6 is 0 Å². The lowest BCUT2D eigenvalue weighted by Gasteiger charge is -2.15. The molecule has 0 aliphatic carbocycles. The van der Waals surface area contributed by atoms with E-state index < -0.39 is 12.2 Å². The van der Waals surface area contributed by atoms with Crippen molar-refractivity contribution in [1.29, 1.82) is 0 Å². The zero-order valence-electron chi connectivity index (χ0n) is 9.59. The number of hydrogen-bond acceptors (Lipinski definition) is 4. The van der Waals surface area contributed by atoms with Crippen molar-refractivity contribution in [2.24, 2.45) is 0 Å². The van der Waals surface area contributed by atoms with Gasteiger partial charge in [-0.05, 0) is 13.0 Å². The summed E-state index contributed by atoms with van der Waals surface area (Å²) in [6, 6.07) is 7.22. The van der Waals surface area contributed by atoms with Crippen LogP contribution in [0.5, 0.6) is 5.75 Å². The number of hydrogen-bond donors (Lipinski definition) is 2. The molecule has 0 fully saturated rings. The van der Waals surface area contributed by atoms with Gasteiger partial charge in [-0.2, -0.15) is 0 Å². The zero-order chi connectivity index (χ0) is 12.0. The number of para-hydroxylation sites is 1. The average molecular weight is 226 g/mol. The fourth-order valence-corrected chi connectivity index (χ4v) is 1.38. The van der Waals surface area contributed by atoms with E-state index in [2.05, 4.69) is 0 Å². The normalized spacial score (nSPS) is 14.5. The Morgan fingerprint density at radius 2 is 1.88 bits per heavy atom. The quantitative estimate of drug-likeness (QED) is 0.763. The van der Waals surface area contributed by atoms with Gasteiger partial charge in [0.15, 0.2) is 0 Å². The number of ether oxygens (including phenoxy) is 2. The molecule has 1 aromatic carbocycles. The van der Waals surface area contributed by atoms with Crippen molar-refractivity contribution in [3.05, 3.63) is 29.8 Å². The highest BCUT2D eigenvalue weighted by Crippen LogP contribution is 2.24. The Bertz CT molecular complexity index is 312. The Morgan fingerprint density at radius 1 is 1.19 bits per heavy atom. The highest BCUT2D eigenvalue weighted by molar-refractivity contribution is 5.34. The van der Waals surface area contributed by atoms with Crippen molar-refractivity contribution in [2.75, 3.05) is 20.3 Å². The van der Waals surface area contributed by atoms with Crippen LogP contribution in [0, 0.1) is 0 Å². The topological polar surface area (TPSA) is 58.9 Å². The zero-order valence-corrected chi connectivity index (χ0v) is 9.59. The smallest absolute Gasteiger partial charge is 0.125 e. The average Bonchev–Trinajstić information content (AvgIpc) is 2.27. The lowest BCUT2D eigenvalue weighted by molar-refractivity contribution is 0.0316. The SMILES string of the molecule is COCC(O)COc1ccccc1C(C)O. The molecule has 0 saturated heterocycles. The highest BCUT2D eigenvalue weighted by atomic mass is 16.5. The van der Waals surface area contributed by atoms with Gasteiger partial charge >= 0.3 is 0 Å². The number of aliphatic hydroxyl groups is 2. The molecule has 16 heavy (non-hydrogen) atoms. The van der Waals surface area contributed by atoms with Crippen LogP contribution in [0.2, 0.25) is 0 Å². The van der Waals surface area contributed by atoms with E-state index in [1.807, 2.05) is 12.1 Å². The number of methoxy groups -OCH3 is 1. The molecule has 2 unspecified atom stereocenters. The predicted molar refractivity (Wildman–Crippen MR) is 60.5 cm³/mol. The molecule has 1 aromatic rings. The summed E-state index contributed by atoms with van der Waals surface area (Å²) < 4.78 is 10.2. The Labute approximate surface area is 95.4 Å². The van der Waals surface area contributed by atoms with Crippen molar-refractivity contribution in [1.82, 2.24) is 0 Å². The molecule has 2 atom stereocenters. The van der Waals surface area contributed by atoms with Gasteiger partial charge in [0.1, 0.15) is 18.5 Å². The molecule has 0 aromatic heterocycles. The lowest BCUT2D eigenvalue weighted by Crippen LogP contribution is -2.23. The fourth-order valence-electron chi connectivity index (χ4n) is 1.38. The fraction of sp³-hybridized carbons (Fsp3) is 0.500. The van der Waals surface area contributed by atoms with Crippen molar-refractivity contribution in [3.8, 4) is 5.75 Å². The van der Waals surface area contributed by atoms with Gasteiger partial charge in [-0.15, -0.1) is 0 Å². The summed E-state index contributed by atoms with van der Waals surface area (Å²) in [6.45, 7) is 2.06. The van der Waals surface area contributed by atoms with E-state index >= 15 is 0 Å². The summed E-state index contributed by atoms with van der Waals surface area (Å²) in [5.41, 5.74) is 0.715. The third-order valence-corrected chi connectivity index (χ3v) is 2.16. The Balaban J connectivity index is 2.59. The standard InChI is InChI=1S/C12H18O4/c1-9(13)11-5-3-4-6-12(11)16-8-10(14)7-15-2/h3-6,9-10,13-14H,7-8H2,1-2H3. The molecule has 0 bridgehead atoms. The van der Waals surface area contributed by atoms with Gasteiger partial charge in [-0.3, -0.25) is 0 Å². The summed E-state index contributed by atoms with van der Waals surface area (Å²) in [5, 5.41) is 18.9. The maximum atomic E-state index is 9.51. The second kappa shape index (κ2) is 6.48. The van der Waals surface area contributed by atoms with E-state index in [1.165, 1.54) is 7.11 Å². The molecule has 0 radical (unpaired) electrons. The lowest BCUT2D eigenvalue weighted by atomic mass is 10.1. The van der Waals surface area contributed by atoms with Crippen LogP contribution in [0.15, 0.2) is 24.3 Å². The van der Waals surface area contributed by atoms with Crippen LogP contribution in [0.4, 0.5) is 0 Å². The van der Waals surface area contributed by atoms with Gasteiger partial charge in [0, 0.05) is 12.7 Å². The van der Waals surface area contributed by atoms with Crippen LogP contribution < -0.4 is 4.74 Å². The molecule has 0 saturated carbocycles. The van der Waals surface area contributed by atoms with Gasteiger partial charge in [-0.1, -0.05) is 18.2 Å². The first kappa shape index (κ1) is 13.0. The second-order valence-corrected chi connectivity index (χ2v) is 3.63. The van der Waals surface area contributed by atoms with Crippen molar-refractivity contribution < 1.29 is 19.7 Å². The number of benzene rings is 1. The summed E-state index contributed by atoms with van der Waals surface area (Å²) in [4.78, 5) is 0. The molecule has 0 aliphatic rings. The molecule has 4 nitrogen and oxygen atoms in total. The summed E-state index contributed by atoms with van der Waals surface area (Å²) in [5.74, 6) is 0.590. The summed E-state index contributed by atoms with van der Waals surface area (Å²) >= 11 is 0. The van der Waals surface area contributed by atoms with E-state index in [0.717, 1.165) is 0 Å². The molecule has 4 heteroatoms. The summed E-state index contributed by atoms with van der Waals surface area (Å²) in [7, 11) is 1.52. The largest absolute Gasteiger partial charge is 0.490 e. The van der Waals surface area contributed by atoms with E-state index in [9.17, 15) is 10.2 Å². The number of aliphatic hydroxyl groups excluding tert-OH is 2. The maximum Gasteiger partial charge on any atom is 0.125 e. The van der Waals surface area contributed by atoms with Crippen molar-refractivity contribution >= 4 is 0 Å². The van der Waals surface area contributed by atoms with Gasteiger partial charge in [-0.25, -0.2) is 0 Å². The van der Waals surface area contributed by atoms with Gasteiger partial charge in [0.05, 0.1) is 12.7 Å². The first-order valence-electron chi connectivity index (χ1n) is 5.22. The molecular weight excluding hydrogens is 208 g/mol.